The number of aromatic nitrogens is 2. The van der Waals surface area contributed by atoms with Crippen LogP contribution in [0.5, 0.6) is 5.88 Å². The molecule has 5 heteroatoms. The topological polar surface area (TPSA) is 79.3 Å². The van der Waals surface area contributed by atoms with Gasteiger partial charge >= 0.3 is 0 Å². The van der Waals surface area contributed by atoms with Crippen molar-refractivity contribution in [1.29, 1.82) is 0 Å². The lowest BCUT2D eigenvalue weighted by Gasteiger charge is -2.07. The van der Waals surface area contributed by atoms with Crippen LogP contribution in [0.15, 0.2) is 48.5 Å². The summed E-state index contributed by atoms with van der Waals surface area (Å²) < 4.78 is 0. The van der Waals surface area contributed by atoms with Gasteiger partial charge in [-0.15, -0.1) is 0 Å². The minimum Gasteiger partial charge on any atom is -0.494 e. The number of benzene rings is 2. The van der Waals surface area contributed by atoms with Gasteiger partial charge in [0.05, 0.1) is 17.8 Å². The van der Waals surface area contributed by atoms with Crippen LogP contribution in [-0.4, -0.2) is 15.1 Å². The van der Waals surface area contributed by atoms with Gasteiger partial charge in [-0.25, -0.2) is 9.83 Å². The lowest BCUT2D eigenvalue weighted by Crippen LogP contribution is -1.93. The Morgan fingerprint density at radius 1 is 1.09 bits per heavy atom. The third-order valence-electron chi connectivity index (χ3n) is 3.89. The Morgan fingerprint density at radius 2 is 1.91 bits per heavy atom. The molecule has 2 aromatic carbocycles. The predicted octanol–water partition coefficient (Wildman–Crippen LogP) is 4.22. The van der Waals surface area contributed by atoms with Crippen LogP contribution >= 0.6 is 0 Å². The second kappa shape index (κ2) is 4.75. The number of rotatable bonds is 1. The molecule has 0 aliphatic heterocycles. The van der Waals surface area contributed by atoms with E-state index in [0.717, 1.165) is 21.7 Å². The van der Waals surface area contributed by atoms with E-state index in [2.05, 4.69) is 14.8 Å². The smallest absolute Gasteiger partial charge is 0.199 e. The molecule has 0 atom stereocenters. The van der Waals surface area contributed by atoms with Crippen LogP contribution in [0.4, 0.5) is 11.5 Å². The molecule has 0 unspecified atom stereocenters. The van der Waals surface area contributed by atoms with Gasteiger partial charge in [0.15, 0.2) is 11.6 Å². The van der Waals surface area contributed by atoms with E-state index in [1.165, 1.54) is 0 Å². The molecule has 0 radical (unpaired) electrons. The maximum atomic E-state index is 10.4. The zero-order valence-corrected chi connectivity index (χ0v) is 12.0. The third kappa shape index (κ3) is 1.97. The number of fused-ring (bicyclic) bond motifs is 2. The summed E-state index contributed by atoms with van der Waals surface area (Å²) in [5.41, 5.74) is 8.35. The average molecular weight is 300 g/mol. The molecule has 4 aromatic rings. The van der Waals surface area contributed by atoms with Crippen LogP contribution in [-0.2, 0) is 0 Å². The lowest BCUT2D eigenvalue weighted by molar-refractivity contribution is 0.460. The number of aromatic hydroxyl groups is 1. The van der Waals surface area contributed by atoms with Crippen LogP contribution in [0.3, 0.4) is 0 Å². The van der Waals surface area contributed by atoms with Crippen molar-refractivity contribution >= 4 is 33.2 Å². The molecule has 0 saturated heterocycles. The number of hydrogen-bond acceptors (Lipinski definition) is 3. The monoisotopic (exact) mass is 300 g/mol. The van der Waals surface area contributed by atoms with Gasteiger partial charge < -0.3 is 15.8 Å². The zero-order valence-electron chi connectivity index (χ0n) is 12.0. The number of nitrogens with zero attached hydrogens (tertiary/aromatic N) is 2. The molecule has 0 bridgehead atoms. The molecule has 0 amide bonds. The number of nitrogens with one attached hydrogen (secondary N) is 1. The molecule has 0 spiro atoms. The molecule has 4 rings (SSSR count). The molecule has 4 N–H and O–H groups in total. The summed E-state index contributed by atoms with van der Waals surface area (Å²) in [6.07, 6.45) is 0. The predicted molar refractivity (Wildman–Crippen MR) is 91.4 cm³/mol. The second-order valence-corrected chi connectivity index (χ2v) is 5.31. The number of aromatic amines is 1. The molecule has 23 heavy (non-hydrogen) atoms. The Balaban J connectivity index is 2.15. The van der Waals surface area contributed by atoms with E-state index in [0.29, 0.717) is 22.8 Å². The second-order valence-electron chi connectivity index (χ2n) is 5.31. The SMILES string of the molecule is [C-]#[N+]c1ccc2[nH]c(O)c(-c3nc(N)cc4ccccc34)c2c1. The van der Waals surface area contributed by atoms with E-state index in [9.17, 15) is 5.11 Å². The van der Waals surface area contributed by atoms with E-state index >= 15 is 0 Å². The largest absolute Gasteiger partial charge is 0.494 e. The fourth-order valence-electron chi connectivity index (χ4n) is 2.88. The third-order valence-corrected chi connectivity index (χ3v) is 3.89. The molecule has 0 aliphatic rings. The van der Waals surface area contributed by atoms with Crippen molar-refractivity contribution in [2.24, 2.45) is 0 Å². The van der Waals surface area contributed by atoms with Gasteiger partial charge in [-0.1, -0.05) is 30.3 Å². The highest BCUT2D eigenvalue weighted by atomic mass is 16.3. The van der Waals surface area contributed by atoms with Crippen molar-refractivity contribution in [3.05, 3.63) is 59.9 Å². The van der Waals surface area contributed by atoms with Gasteiger partial charge in [0.25, 0.3) is 0 Å². The molecular weight excluding hydrogens is 288 g/mol. The fraction of sp³-hybridized carbons (Fsp3) is 0. The van der Waals surface area contributed by atoms with Gasteiger partial charge in [-0.05, 0) is 23.6 Å². The first-order valence-electron chi connectivity index (χ1n) is 7.05. The first-order chi connectivity index (χ1) is 11.2. The maximum absolute atomic E-state index is 10.4. The molecule has 5 nitrogen and oxygen atoms in total. The van der Waals surface area contributed by atoms with Crippen molar-refractivity contribution in [2.75, 3.05) is 5.73 Å². The number of hydrogen-bond donors (Lipinski definition) is 3. The molecule has 0 fully saturated rings. The standard InChI is InChI=1S/C18H12N4O/c1-20-11-6-7-14-13(9-11)16(18(23)21-14)17-12-5-3-2-4-10(12)8-15(19)22-17/h2-9,21,23H,(H2,19,22). The van der Waals surface area contributed by atoms with E-state index in [1.807, 2.05) is 24.3 Å². The van der Waals surface area contributed by atoms with Crippen LogP contribution < -0.4 is 5.73 Å². The van der Waals surface area contributed by atoms with Gasteiger partial charge in [0.2, 0.25) is 0 Å². The number of H-pyrrole nitrogens is 1. The maximum Gasteiger partial charge on any atom is 0.199 e. The summed E-state index contributed by atoms with van der Waals surface area (Å²) in [5.74, 6) is 0.402. The number of pyridine rings is 1. The van der Waals surface area contributed by atoms with E-state index in [-0.39, 0.29) is 5.88 Å². The Labute approximate surface area is 131 Å². The van der Waals surface area contributed by atoms with Crippen LogP contribution in [0.2, 0.25) is 0 Å². The average Bonchev–Trinajstić information content (AvgIpc) is 2.88. The summed E-state index contributed by atoms with van der Waals surface area (Å²) in [5, 5.41) is 13.0. The van der Waals surface area contributed by atoms with Crippen molar-refractivity contribution in [3.63, 3.8) is 0 Å². The first kappa shape index (κ1) is 13.2. The van der Waals surface area contributed by atoms with Gasteiger partial charge in [-0.2, -0.15) is 0 Å². The first-order valence-corrected chi connectivity index (χ1v) is 7.05. The van der Waals surface area contributed by atoms with Crippen LogP contribution in [0.25, 0.3) is 37.8 Å². The Hall–Kier alpha value is -3.52. The molecular formula is C18H12N4O. The lowest BCUT2D eigenvalue weighted by atomic mass is 10.0. The van der Waals surface area contributed by atoms with Gasteiger partial charge in [-0.3, -0.25) is 0 Å². The molecule has 0 saturated carbocycles. The zero-order chi connectivity index (χ0) is 16.0. The summed E-state index contributed by atoms with van der Waals surface area (Å²) in [7, 11) is 0. The van der Waals surface area contributed by atoms with Crippen LogP contribution in [0.1, 0.15) is 0 Å². The highest BCUT2D eigenvalue weighted by Gasteiger charge is 2.17. The summed E-state index contributed by atoms with van der Waals surface area (Å²) >= 11 is 0. The van der Waals surface area contributed by atoms with Crippen molar-refractivity contribution < 1.29 is 5.11 Å². The van der Waals surface area contributed by atoms with Gasteiger partial charge in [0.1, 0.15) is 5.82 Å². The minimum absolute atomic E-state index is 0.0189. The fourth-order valence-corrected chi connectivity index (χ4v) is 2.88. The normalized spacial score (nSPS) is 10.9. The Morgan fingerprint density at radius 3 is 2.74 bits per heavy atom. The van der Waals surface area contributed by atoms with Crippen molar-refractivity contribution in [2.45, 2.75) is 0 Å². The molecule has 0 aliphatic carbocycles. The van der Waals surface area contributed by atoms with Crippen LogP contribution in [0, 0.1) is 6.57 Å². The van der Waals surface area contributed by atoms with E-state index in [4.69, 9.17) is 12.3 Å². The summed E-state index contributed by atoms with van der Waals surface area (Å²) in [6.45, 7) is 7.18. The summed E-state index contributed by atoms with van der Waals surface area (Å²) in [6, 6.07) is 14.8. The molecule has 2 heterocycles. The molecule has 2 aromatic heterocycles. The minimum atomic E-state index is 0.0189. The molecule has 110 valence electrons. The Bertz CT molecular complexity index is 1110. The van der Waals surface area contributed by atoms with Crippen molar-refractivity contribution in [3.8, 4) is 17.1 Å². The quantitative estimate of drug-likeness (QED) is 0.460. The van der Waals surface area contributed by atoms with Crippen molar-refractivity contribution in [1.82, 2.24) is 9.97 Å². The summed E-state index contributed by atoms with van der Waals surface area (Å²) in [4.78, 5) is 10.8. The van der Waals surface area contributed by atoms with Gasteiger partial charge in [0, 0.05) is 16.3 Å². The number of nitrogens with two attached hydrogens (primary N) is 1. The van der Waals surface area contributed by atoms with E-state index in [1.54, 1.807) is 24.3 Å². The number of nitrogen functional groups attached to an aromatic ring is 1. The van der Waals surface area contributed by atoms with E-state index < -0.39 is 0 Å². The number of anilines is 1. The Kier molecular flexibility index (Phi) is 2.72. The highest BCUT2D eigenvalue weighted by molar-refractivity contribution is 6.07. The highest BCUT2D eigenvalue weighted by Crippen LogP contribution is 2.40.